The summed E-state index contributed by atoms with van der Waals surface area (Å²) < 4.78 is 6.80. The van der Waals surface area contributed by atoms with Crippen molar-refractivity contribution in [3.8, 4) is 17.3 Å². The molecule has 0 radical (unpaired) electrons. The smallest absolute Gasteiger partial charge is 0.216 e. The van der Waals surface area contributed by atoms with Crippen LogP contribution in [-0.2, 0) is 0 Å². The largest absolute Gasteiger partial charge is 0.481 e. The normalized spacial score (nSPS) is 10.6. The van der Waals surface area contributed by atoms with E-state index in [0.29, 0.717) is 11.7 Å². The molecule has 0 aliphatic carbocycles. The van der Waals surface area contributed by atoms with Gasteiger partial charge in [0.25, 0.3) is 0 Å². The van der Waals surface area contributed by atoms with Crippen LogP contribution in [0.2, 0.25) is 0 Å². The molecule has 3 aromatic heterocycles. The molecule has 0 amide bonds. The summed E-state index contributed by atoms with van der Waals surface area (Å²) in [6.45, 7) is 0. The molecule has 6 nitrogen and oxygen atoms in total. The highest BCUT2D eigenvalue weighted by molar-refractivity contribution is 5.74. The summed E-state index contributed by atoms with van der Waals surface area (Å²) >= 11 is 0. The number of aromatic nitrogens is 5. The molecular weight excluding hydrogens is 218 g/mol. The van der Waals surface area contributed by atoms with Crippen molar-refractivity contribution in [1.82, 2.24) is 24.6 Å². The van der Waals surface area contributed by atoms with Crippen LogP contribution < -0.4 is 4.74 Å². The zero-order valence-electron chi connectivity index (χ0n) is 9.11. The second kappa shape index (κ2) is 3.82. The van der Waals surface area contributed by atoms with Gasteiger partial charge in [0.15, 0.2) is 5.82 Å². The number of nitrogens with zero attached hydrogens (tertiary/aromatic N) is 5. The van der Waals surface area contributed by atoms with Crippen molar-refractivity contribution in [3.63, 3.8) is 0 Å². The minimum Gasteiger partial charge on any atom is -0.481 e. The molecule has 0 aliphatic heterocycles. The SMILES string of the molecule is COc1ccnc(-c2cnn3ccncc23)n1. The van der Waals surface area contributed by atoms with Crippen LogP contribution in [0.25, 0.3) is 16.9 Å². The summed E-state index contributed by atoms with van der Waals surface area (Å²) in [7, 11) is 1.57. The molecule has 17 heavy (non-hydrogen) atoms. The lowest BCUT2D eigenvalue weighted by molar-refractivity contribution is 0.397. The van der Waals surface area contributed by atoms with E-state index in [0.717, 1.165) is 11.1 Å². The van der Waals surface area contributed by atoms with Gasteiger partial charge in [0.05, 0.1) is 30.6 Å². The Balaban J connectivity index is 2.20. The first-order chi connectivity index (χ1) is 8.38. The standard InChI is InChI=1S/C11H9N5O/c1-17-10-2-3-13-11(15-10)8-6-14-16-5-4-12-7-9(8)16/h2-7H,1H3. The Bertz CT molecular complexity index is 664. The van der Waals surface area contributed by atoms with Gasteiger partial charge in [0.2, 0.25) is 5.88 Å². The van der Waals surface area contributed by atoms with Crippen LogP contribution in [0.3, 0.4) is 0 Å². The van der Waals surface area contributed by atoms with Crippen molar-refractivity contribution in [2.24, 2.45) is 0 Å². The lowest BCUT2D eigenvalue weighted by Crippen LogP contribution is -1.93. The van der Waals surface area contributed by atoms with Crippen LogP contribution >= 0.6 is 0 Å². The molecule has 0 unspecified atom stereocenters. The summed E-state index contributed by atoms with van der Waals surface area (Å²) in [5, 5.41) is 4.21. The summed E-state index contributed by atoms with van der Waals surface area (Å²) in [5.41, 5.74) is 1.69. The van der Waals surface area contributed by atoms with Gasteiger partial charge >= 0.3 is 0 Å². The second-order valence-corrected chi connectivity index (χ2v) is 3.39. The third-order valence-corrected chi connectivity index (χ3v) is 2.40. The number of fused-ring (bicyclic) bond motifs is 1. The quantitative estimate of drug-likeness (QED) is 0.658. The third kappa shape index (κ3) is 1.59. The molecule has 0 fully saturated rings. The van der Waals surface area contributed by atoms with E-state index < -0.39 is 0 Å². The Morgan fingerprint density at radius 3 is 3.06 bits per heavy atom. The summed E-state index contributed by atoms with van der Waals surface area (Å²) in [4.78, 5) is 12.5. The van der Waals surface area contributed by atoms with Crippen molar-refractivity contribution in [2.45, 2.75) is 0 Å². The van der Waals surface area contributed by atoms with Crippen molar-refractivity contribution < 1.29 is 4.74 Å². The maximum Gasteiger partial charge on any atom is 0.216 e. The summed E-state index contributed by atoms with van der Waals surface area (Å²) in [6.07, 6.45) is 8.55. The van der Waals surface area contributed by atoms with Crippen LogP contribution in [0, 0.1) is 0 Å². The molecule has 0 atom stereocenters. The molecule has 0 saturated carbocycles. The van der Waals surface area contributed by atoms with E-state index in [1.807, 2.05) is 0 Å². The fourth-order valence-corrected chi connectivity index (χ4v) is 1.59. The Morgan fingerprint density at radius 2 is 2.18 bits per heavy atom. The van der Waals surface area contributed by atoms with Crippen molar-refractivity contribution >= 4 is 5.52 Å². The van der Waals surface area contributed by atoms with Gasteiger partial charge in [-0.2, -0.15) is 10.1 Å². The highest BCUT2D eigenvalue weighted by Gasteiger charge is 2.09. The zero-order valence-corrected chi connectivity index (χ0v) is 9.11. The van der Waals surface area contributed by atoms with Crippen LogP contribution in [0.5, 0.6) is 5.88 Å². The maximum atomic E-state index is 5.07. The Kier molecular flexibility index (Phi) is 2.18. The number of hydrogen-bond donors (Lipinski definition) is 0. The van der Waals surface area contributed by atoms with E-state index in [4.69, 9.17) is 4.74 Å². The zero-order chi connectivity index (χ0) is 11.7. The first-order valence-electron chi connectivity index (χ1n) is 5.03. The van der Waals surface area contributed by atoms with E-state index in [-0.39, 0.29) is 0 Å². The molecule has 0 spiro atoms. The predicted molar refractivity (Wildman–Crippen MR) is 60.6 cm³/mol. The van der Waals surface area contributed by atoms with Gasteiger partial charge in [-0.25, -0.2) is 9.50 Å². The fourth-order valence-electron chi connectivity index (χ4n) is 1.59. The lowest BCUT2D eigenvalue weighted by Gasteiger charge is -2.00. The second-order valence-electron chi connectivity index (χ2n) is 3.39. The third-order valence-electron chi connectivity index (χ3n) is 2.40. The highest BCUT2D eigenvalue weighted by Crippen LogP contribution is 2.21. The summed E-state index contributed by atoms with van der Waals surface area (Å²) in [5.74, 6) is 1.10. The van der Waals surface area contributed by atoms with Crippen LogP contribution in [0.1, 0.15) is 0 Å². The molecule has 0 aliphatic rings. The minimum absolute atomic E-state index is 0.526. The summed E-state index contributed by atoms with van der Waals surface area (Å²) in [6, 6.07) is 1.70. The number of hydrogen-bond acceptors (Lipinski definition) is 5. The van der Waals surface area contributed by atoms with Crippen molar-refractivity contribution in [2.75, 3.05) is 7.11 Å². The molecule has 84 valence electrons. The van der Waals surface area contributed by atoms with Gasteiger partial charge in [-0.3, -0.25) is 4.98 Å². The van der Waals surface area contributed by atoms with Crippen molar-refractivity contribution in [3.05, 3.63) is 37.1 Å². The van der Waals surface area contributed by atoms with Gasteiger partial charge < -0.3 is 4.74 Å². The molecule has 6 heteroatoms. The van der Waals surface area contributed by atoms with E-state index in [2.05, 4.69) is 20.1 Å². The van der Waals surface area contributed by atoms with E-state index in [9.17, 15) is 0 Å². The Hall–Kier alpha value is -2.50. The van der Waals surface area contributed by atoms with Gasteiger partial charge in [-0.05, 0) is 0 Å². The van der Waals surface area contributed by atoms with E-state index in [1.54, 1.807) is 48.7 Å². The Labute approximate surface area is 96.9 Å². The average Bonchev–Trinajstić information content (AvgIpc) is 2.82. The monoisotopic (exact) mass is 227 g/mol. The fraction of sp³-hybridized carbons (Fsp3) is 0.0909. The topological polar surface area (TPSA) is 65.2 Å². The van der Waals surface area contributed by atoms with Crippen LogP contribution in [-0.4, -0.2) is 31.7 Å². The van der Waals surface area contributed by atoms with Crippen molar-refractivity contribution in [1.29, 1.82) is 0 Å². The van der Waals surface area contributed by atoms with Gasteiger partial charge in [-0.1, -0.05) is 0 Å². The predicted octanol–water partition coefficient (Wildman–Crippen LogP) is 1.19. The number of ether oxygens (including phenoxy) is 1. The van der Waals surface area contributed by atoms with Gasteiger partial charge in [0, 0.05) is 24.7 Å². The lowest BCUT2D eigenvalue weighted by atomic mass is 10.3. The highest BCUT2D eigenvalue weighted by atomic mass is 16.5. The number of methoxy groups -OCH3 is 1. The van der Waals surface area contributed by atoms with E-state index in [1.165, 1.54) is 0 Å². The molecule has 3 aromatic rings. The minimum atomic E-state index is 0.526. The van der Waals surface area contributed by atoms with Gasteiger partial charge in [-0.15, -0.1) is 0 Å². The molecule has 0 bridgehead atoms. The molecule has 0 saturated heterocycles. The molecule has 3 rings (SSSR count). The van der Waals surface area contributed by atoms with Gasteiger partial charge in [0.1, 0.15) is 0 Å². The molecule has 0 N–H and O–H groups in total. The molecule has 0 aromatic carbocycles. The molecular formula is C11H9N5O. The average molecular weight is 227 g/mol. The Morgan fingerprint density at radius 1 is 1.24 bits per heavy atom. The van der Waals surface area contributed by atoms with Crippen LogP contribution in [0.4, 0.5) is 0 Å². The number of rotatable bonds is 2. The first-order valence-corrected chi connectivity index (χ1v) is 5.03. The van der Waals surface area contributed by atoms with E-state index >= 15 is 0 Å². The molecule has 3 heterocycles. The van der Waals surface area contributed by atoms with Crippen LogP contribution in [0.15, 0.2) is 37.1 Å². The maximum absolute atomic E-state index is 5.07. The first kappa shape index (κ1) is 9.71.